The second kappa shape index (κ2) is 10.8. The van der Waals surface area contributed by atoms with Gasteiger partial charge in [0.1, 0.15) is 18.5 Å². The SMILES string of the molecule is CCCCCc1nc(OC2CCC(N(C)C)CC2)cc(=O)n1CC(=O)NC1(N(C)C)CC1. The quantitative estimate of drug-likeness (QED) is 0.415. The number of amides is 1. The van der Waals surface area contributed by atoms with Crippen molar-refractivity contribution in [3.05, 3.63) is 22.2 Å². The Hall–Kier alpha value is -1.93. The molecule has 1 N–H and O–H groups in total. The van der Waals surface area contributed by atoms with Gasteiger partial charge in [0.15, 0.2) is 0 Å². The van der Waals surface area contributed by atoms with Gasteiger partial charge in [-0.25, -0.2) is 0 Å². The summed E-state index contributed by atoms with van der Waals surface area (Å²) in [4.78, 5) is 34.7. The summed E-state index contributed by atoms with van der Waals surface area (Å²) in [6.45, 7) is 2.14. The molecule has 0 bridgehead atoms. The molecule has 0 unspecified atom stereocenters. The molecule has 2 saturated carbocycles. The van der Waals surface area contributed by atoms with E-state index in [9.17, 15) is 9.59 Å². The van der Waals surface area contributed by atoms with Crippen LogP contribution in [0.5, 0.6) is 5.88 Å². The van der Waals surface area contributed by atoms with Gasteiger partial charge in [-0.05, 0) is 73.1 Å². The van der Waals surface area contributed by atoms with Gasteiger partial charge in [-0.15, -0.1) is 0 Å². The van der Waals surface area contributed by atoms with Crippen molar-refractivity contribution in [1.82, 2.24) is 24.7 Å². The Morgan fingerprint density at radius 2 is 1.88 bits per heavy atom. The monoisotopic (exact) mass is 447 g/mol. The van der Waals surface area contributed by atoms with Gasteiger partial charge in [0.25, 0.3) is 5.56 Å². The number of ether oxygens (including phenoxy) is 1. The lowest BCUT2D eigenvalue weighted by molar-refractivity contribution is -0.124. The van der Waals surface area contributed by atoms with Gasteiger partial charge in [-0.3, -0.25) is 19.1 Å². The molecule has 1 aromatic heterocycles. The summed E-state index contributed by atoms with van der Waals surface area (Å²) >= 11 is 0. The molecular formula is C24H41N5O3. The summed E-state index contributed by atoms with van der Waals surface area (Å²) in [5.74, 6) is 0.902. The normalized spacial score (nSPS) is 22.2. The molecule has 2 fully saturated rings. The number of hydrogen-bond acceptors (Lipinski definition) is 6. The number of aromatic nitrogens is 2. The fourth-order valence-corrected chi connectivity index (χ4v) is 4.58. The summed E-state index contributed by atoms with van der Waals surface area (Å²) in [6, 6.07) is 2.05. The van der Waals surface area contributed by atoms with Gasteiger partial charge in [0.05, 0.1) is 11.7 Å². The van der Waals surface area contributed by atoms with Gasteiger partial charge < -0.3 is 15.0 Å². The standard InChI is InChI=1S/C24H41N5O3/c1-6-7-8-9-20-25-22(32-19-12-10-18(11-13-19)27(2)3)16-23(31)29(20)17-21(30)26-24(14-15-24)28(4)5/h16,18-19H,6-15,17H2,1-5H3,(H,26,30). The van der Waals surface area contributed by atoms with Gasteiger partial charge in [0, 0.05) is 12.5 Å². The molecule has 1 aromatic rings. The molecule has 2 aliphatic rings. The molecule has 1 heterocycles. The molecule has 0 aliphatic heterocycles. The fraction of sp³-hybridized carbons (Fsp3) is 0.792. The number of nitrogens with zero attached hydrogens (tertiary/aromatic N) is 4. The van der Waals surface area contributed by atoms with Crippen molar-refractivity contribution in [3.8, 4) is 5.88 Å². The smallest absolute Gasteiger partial charge is 0.257 e. The number of rotatable bonds is 11. The third kappa shape index (κ3) is 6.32. The number of carbonyl (C=O) groups excluding carboxylic acids is 1. The van der Waals surface area contributed by atoms with Crippen LogP contribution in [0.15, 0.2) is 10.9 Å². The Labute approximate surface area is 192 Å². The average Bonchev–Trinajstić information content (AvgIpc) is 3.52. The van der Waals surface area contributed by atoms with Crippen LogP contribution in [0.2, 0.25) is 0 Å². The zero-order valence-electron chi connectivity index (χ0n) is 20.5. The van der Waals surface area contributed by atoms with E-state index in [4.69, 9.17) is 9.72 Å². The van der Waals surface area contributed by atoms with Crippen LogP contribution in [0.3, 0.4) is 0 Å². The Bertz CT molecular complexity index is 823. The number of carbonyl (C=O) groups is 1. The van der Waals surface area contributed by atoms with E-state index in [2.05, 4.69) is 31.2 Å². The number of nitrogens with one attached hydrogen (secondary N) is 1. The van der Waals surface area contributed by atoms with Crippen LogP contribution in [0.25, 0.3) is 0 Å². The predicted molar refractivity (Wildman–Crippen MR) is 126 cm³/mol. The minimum Gasteiger partial charge on any atom is -0.474 e. The zero-order chi connectivity index (χ0) is 23.3. The van der Waals surface area contributed by atoms with Crippen LogP contribution in [-0.2, 0) is 17.8 Å². The molecule has 32 heavy (non-hydrogen) atoms. The number of hydrogen-bond donors (Lipinski definition) is 1. The summed E-state index contributed by atoms with van der Waals surface area (Å²) in [5.41, 5.74) is -0.473. The van der Waals surface area contributed by atoms with E-state index >= 15 is 0 Å². The molecule has 8 nitrogen and oxygen atoms in total. The minimum atomic E-state index is -0.259. The maximum atomic E-state index is 13.0. The maximum absolute atomic E-state index is 13.0. The highest BCUT2D eigenvalue weighted by Crippen LogP contribution is 2.36. The van der Waals surface area contributed by atoms with Crippen molar-refractivity contribution < 1.29 is 9.53 Å². The van der Waals surface area contributed by atoms with E-state index < -0.39 is 0 Å². The molecule has 0 aromatic carbocycles. The summed E-state index contributed by atoms with van der Waals surface area (Å²) in [5, 5.41) is 3.09. The largest absolute Gasteiger partial charge is 0.474 e. The predicted octanol–water partition coefficient (Wildman–Crippen LogP) is 2.40. The molecule has 0 radical (unpaired) electrons. The molecule has 1 amide bonds. The van der Waals surface area contributed by atoms with Crippen LogP contribution in [0, 0.1) is 0 Å². The first-order chi connectivity index (χ1) is 15.2. The molecule has 2 aliphatic carbocycles. The van der Waals surface area contributed by atoms with Crippen molar-refractivity contribution in [2.45, 2.75) is 95.5 Å². The van der Waals surface area contributed by atoms with Crippen LogP contribution >= 0.6 is 0 Å². The van der Waals surface area contributed by atoms with Crippen molar-refractivity contribution in [2.75, 3.05) is 28.2 Å². The molecule has 3 rings (SSSR count). The fourth-order valence-electron chi connectivity index (χ4n) is 4.58. The molecular weight excluding hydrogens is 406 g/mol. The Kier molecular flexibility index (Phi) is 8.33. The Morgan fingerprint density at radius 3 is 2.44 bits per heavy atom. The van der Waals surface area contributed by atoms with Gasteiger partial charge in [-0.2, -0.15) is 4.98 Å². The van der Waals surface area contributed by atoms with E-state index in [1.54, 1.807) is 0 Å². The lowest BCUT2D eigenvalue weighted by Gasteiger charge is -2.32. The molecule has 0 saturated heterocycles. The second-order valence-corrected chi connectivity index (χ2v) is 9.88. The Morgan fingerprint density at radius 1 is 1.19 bits per heavy atom. The van der Waals surface area contributed by atoms with Crippen LogP contribution < -0.4 is 15.6 Å². The van der Waals surface area contributed by atoms with Crippen LogP contribution in [-0.4, -0.2) is 71.3 Å². The highest BCUT2D eigenvalue weighted by atomic mass is 16.5. The first kappa shape index (κ1) is 24.7. The minimum absolute atomic E-state index is 0.00287. The highest BCUT2D eigenvalue weighted by molar-refractivity contribution is 5.77. The molecule has 180 valence electrons. The maximum Gasteiger partial charge on any atom is 0.257 e. The van der Waals surface area contributed by atoms with Gasteiger partial charge in [0.2, 0.25) is 11.8 Å². The van der Waals surface area contributed by atoms with Crippen molar-refractivity contribution >= 4 is 5.91 Å². The number of aryl methyl sites for hydroxylation is 1. The summed E-state index contributed by atoms with van der Waals surface area (Å²) < 4.78 is 7.66. The van der Waals surface area contributed by atoms with Crippen LogP contribution in [0.4, 0.5) is 0 Å². The first-order valence-electron chi connectivity index (χ1n) is 12.2. The van der Waals surface area contributed by atoms with Crippen LogP contribution in [0.1, 0.15) is 70.5 Å². The lowest BCUT2D eigenvalue weighted by Crippen LogP contribution is -2.49. The molecule has 8 heteroatoms. The second-order valence-electron chi connectivity index (χ2n) is 9.88. The van der Waals surface area contributed by atoms with Crippen molar-refractivity contribution in [1.29, 1.82) is 0 Å². The zero-order valence-corrected chi connectivity index (χ0v) is 20.5. The topological polar surface area (TPSA) is 79.7 Å². The summed E-state index contributed by atoms with van der Waals surface area (Å²) in [6.07, 6.45) is 9.82. The average molecular weight is 448 g/mol. The Balaban J connectivity index is 1.71. The summed E-state index contributed by atoms with van der Waals surface area (Å²) in [7, 11) is 8.18. The van der Waals surface area contributed by atoms with Crippen molar-refractivity contribution in [2.24, 2.45) is 0 Å². The van der Waals surface area contributed by atoms with Gasteiger partial charge >= 0.3 is 0 Å². The molecule has 0 spiro atoms. The van der Waals surface area contributed by atoms with E-state index in [-0.39, 0.29) is 29.8 Å². The third-order valence-electron chi connectivity index (χ3n) is 6.98. The van der Waals surface area contributed by atoms with Crippen molar-refractivity contribution in [3.63, 3.8) is 0 Å². The molecule has 0 atom stereocenters. The third-order valence-corrected chi connectivity index (χ3v) is 6.98. The number of unbranched alkanes of at least 4 members (excludes halogenated alkanes) is 2. The van der Waals surface area contributed by atoms with E-state index in [0.29, 0.717) is 24.2 Å². The first-order valence-corrected chi connectivity index (χ1v) is 12.2. The highest BCUT2D eigenvalue weighted by Gasteiger charge is 2.46. The van der Waals surface area contributed by atoms with E-state index in [1.807, 2.05) is 19.0 Å². The van der Waals surface area contributed by atoms with Gasteiger partial charge in [-0.1, -0.05) is 19.8 Å². The van der Waals surface area contributed by atoms with E-state index in [0.717, 1.165) is 57.8 Å². The lowest BCUT2D eigenvalue weighted by atomic mass is 9.92. The van der Waals surface area contributed by atoms with E-state index in [1.165, 1.54) is 10.6 Å².